The van der Waals surface area contributed by atoms with Crippen LogP contribution in [0.1, 0.15) is 33.6 Å². The van der Waals surface area contributed by atoms with Gasteiger partial charge in [0.25, 0.3) is 0 Å². The molecule has 0 aliphatic rings. The van der Waals surface area contributed by atoms with E-state index < -0.39 is 0 Å². The Morgan fingerprint density at radius 3 is 2.81 bits per heavy atom. The highest BCUT2D eigenvalue weighted by Crippen LogP contribution is 2.21. The summed E-state index contributed by atoms with van der Waals surface area (Å²) in [5, 5.41) is 4.78. The van der Waals surface area contributed by atoms with E-state index in [9.17, 15) is 0 Å². The van der Waals surface area contributed by atoms with Crippen LogP contribution in [0.2, 0.25) is 0 Å². The second-order valence-corrected chi connectivity index (χ2v) is 5.95. The molecular formula is C18H28N2O. The summed E-state index contributed by atoms with van der Waals surface area (Å²) in [6, 6.07) is 8.49. The van der Waals surface area contributed by atoms with Crippen molar-refractivity contribution in [3.63, 3.8) is 0 Å². The van der Waals surface area contributed by atoms with Gasteiger partial charge in [-0.2, -0.15) is 0 Å². The fourth-order valence-electron chi connectivity index (χ4n) is 2.59. The minimum atomic E-state index is 0.715. The third-order valence-corrected chi connectivity index (χ3v) is 3.72. The molecule has 0 saturated heterocycles. The summed E-state index contributed by atoms with van der Waals surface area (Å²) in [6.45, 7) is 10.4. The summed E-state index contributed by atoms with van der Waals surface area (Å²) in [5.74, 6) is 1.76. The maximum Gasteiger partial charge on any atom is 0.120 e. The average molecular weight is 288 g/mol. The minimum absolute atomic E-state index is 0.715. The number of rotatable bonds is 9. The predicted molar refractivity (Wildman–Crippen MR) is 90.0 cm³/mol. The zero-order chi connectivity index (χ0) is 15.1. The van der Waals surface area contributed by atoms with E-state index in [2.05, 4.69) is 54.2 Å². The molecule has 3 nitrogen and oxygen atoms in total. The molecule has 0 aliphatic carbocycles. The Morgan fingerprint density at radius 2 is 2.05 bits per heavy atom. The topological polar surface area (TPSA) is 26.2 Å². The summed E-state index contributed by atoms with van der Waals surface area (Å²) >= 11 is 0. The van der Waals surface area contributed by atoms with Crippen LogP contribution in [0, 0.1) is 5.92 Å². The predicted octanol–water partition coefficient (Wildman–Crippen LogP) is 4.07. The molecule has 1 heterocycles. The van der Waals surface area contributed by atoms with Crippen molar-refractivity contribution in [3.8, 4) is 5.75 Å². The van der Waals surface area contributed by atoms with Gasteiger partial charge in [-0.05, 0) is 56.5 Å². The largest absolute Gasteiger partial charge is 0.494 e. The Morgan fingerprint density at radius 1 is 1.19 bits per heavy atom. The summed E-state index contributed by atoms with van der Waals surface area (Å²) in [5.41, 5.74) is 1.28. The molecule has 0 radical (unpaired) electrons. The highest BCUT2D eigenvalue weighted by atomic mass is 16.5. The molecule has 2 aromatic rings. The van der Waals surface area contributed by atoms with E-state index in [4.69, 9.17) is 4.74 Å². The normalized spacial score (nSPS) is 11.4. The number of hydrogen-bond acceptors (Lipinski definition) is 2. The monoisotopic (exact) mass is 288 g/mol. The maximum absolute atomic E-state index is 5.55. The molecular weight excluding hydrogens is 260 g/mol. The molecule has 0 fully saturated rings. The number of fused-ring (bicyclic) bond motifs is 1. The molecule has 21 heavy (non-hydrogen) atoms. The molecule has 0 spiro atoms. The van der Waals surface area contributed by atoms with Crippen molar-refractivity contribution in [2.24, 2.45) is 5.92 Å². The zero-order valence-electron chi connectivity index (χ0n) is 13.6. The number of hydrogen-bond donors (Lipinski definition) is 1. The Kier molecular flexibility index (Phi) is 6.12. The Labute approximate surface area is 128 Å². The Balaban J connectivity index is 1.82. The lowest BCUT2D eigenvalue weighted by Gasteiger charge is -2.09. The van der Waals surface area contributed by atoms with Crippen LogP contribution in [-0.2, 0) is 6.54 Å². The molecule has 0 atom stereocenters. The minimum Gasteiger partial charge on any atom is -0.494 e. The van der Waals surface area contributed by atoms with Crippen molar-refractivity contribution in [3.05, 3.63) is 30.5 Å². The maximum atomic E-state index is 5.55. The van der Waals surface area contributed by atoms with Gasteiger partial charge in [-0.15, -0.1) is 0 Å². The number of ether oxygens (including phenoxy) is 1. The van der Waals surface area contributed by atoms with E-state index in [1.165, 1.54) is 23.7 Å². The van der Waals surface area contributed by atoms with Crippen molar-refractivity contribution >= 4 is 10.9 Å². The molecule has 116 valence electrons. The van der Waals surface area contributed by atoms with Crippen LogP contribution >= 0.6 is 0 Å². The van der Waals surface area contributed by atoms with Gasteiger partial charge in [-0.3, -0.25) is 0 Å². The number of nitrogens with zero attached hydrogens (tertiary/aromatic N) is 1. The molecule has 1 aromatic heterocycles. The smallest absolute Gasteiger partial charge is 0.120 e. The van der Waals surface area contributed by atoms with Crippen LogP contribution < -0.4 is 10.1 Å². The number of aromatic nitrogens is 1. The lowest BCUT2D eigenvalue weighted by Crippen LogP contribution is -2.21. The molecule has 0 saturated carbocycles. The molecule has 3 heteroatoms. The summed E-state index contributed by atoms with van der Waals surface area (Å²) in [6.07, 6.45) is 4.73. The van der Waals surface area contributed by atoms with Crippen LogP contribution in [0.3, 0.4) is 0 Å². The third kappa shape index (κ3) is 4.78. The van der Waals surface area contributed by atoms with Gasteiger partial charge in [0.05, 0.1) is 6.61 Å². The lowest BCUT2D eigenvalue weighted by molar-refractivity contribution is 0.340. The fraction of sp³-hybridized carbons (Fsp3) is 0.556. The second kappa shape index (κ2) is 8.08. The van der Waals surface area contributed by atoms with Gasteiger partial charge < -0.3 is 14.6 Å². The average Bonchev–Trinajstić information content (AvgIpc) is 2.85. The first-order valence-corrected chi connectivity index (χ1v) is 8.13. The van der Waals surface area contributed by atoms with Crippen LogP contribution in [0.5, 0.6) is 5.75 Å². The first kappa shape index (κ1) is 15.9. The second-order valence-electron chi connectivity index (χ2n) is 5.95. The van der Waals surface area contributed by atoms with E-state index in [1.807, 2.05) is 6.92 Å². The first-order valence-electron chi connectivity index (χ1n) is 8.13. The SMILES string of the molecule is CCOc1ccc2c(ccn2CCNCCCC(C)C)c1. The molecule has 0 unspecified atom stereocenters. The van der Waals surface area contributed by atoms with Gasteiger partial charge in [-0.25, -0.2) is 0 Å². The van der Waals surface area contributed by atoms with Crippen LogP contribution in [-0.4, -0.2) is 24.3 Å². The first-order chi connectivity index (χ1) is 10.2. The highest BCUT2D eigenvalue weighted by molar-refractivity contribution is 5.81. The summed E-state index contributed by atoms with van der Waals surface area (Å²) < 4.78 is 7.85. The third-order valence-electron chi connectivity index (χ3n) is 3.72. The lowest BCUT2D eigenvalue weighted by atomic mass is 10.1. The molecule has 2 rings (SSSR count). The van der Waals surface area contributed by atoms with Crippen molar-refractivity contribution in [1.82, 2.24) is 9.88 Å². The van der Waals surface area contributed by atoms with E-state index in [-0.39, 0.29) is 0 Å². The Bertz CT molecular complexity index is 545. The summed E-state index contributed by atoms with van der Waals surface area (Å²) in [4.78, 5) is 0. The van der Waals surface area contributed by atoms with E-state index in [1.54, 1.807) is 0 Å². The number of benzene rings is 1. The van der Waals surface area contributed by atoms with Gasteiger partial charge in [-0.1, -0.05) is 13.8 Å². The van der Waals surface area contributed by atoms with Gasteiger partial charge in [0.15, 0.2) is 0 Å². The molecule has 0 bridgehead atoms. The van der Waals surface area contributed by atoms with Crippen molar-refractivity contribution in [2.75, 3.05) is 19.7 Å². The van der Waals surface area contributed by atoms with Crippen molar-refractivity contribution < 1.29 is 4.74 Å². The van der Waals surface area contributed by atoms with E-state index in [0.29, 0.717) is 6.61 Å². The standard InChI is InChI=1S/C18H28N2O/c1-4-21-17-7-8-18-16(14-17)9-12-20(18)13-11-19-10-5-6-15(2)3/h7-9,12,14-15,19H,4-6,10-11,13H2,1-3H3. The fourth-order valence-corrected chi connectivity index (χ4v) is 2.59. The van der Waals surface area contributed by atoms with Gasteiger partial charge in [0, 0.05) is 30.2 Å². The van der Waals surface area contributed by atoms with Gasteiger partial charge in [0.2, 0.25) is 0 Å². The zero-order valence-corrected chi connectivity index (χ0v) is 13.6. The molecule has 0 amide bonds. The quantitative estimate of drug-likeness (QED) is 0.704. The summed E-state index contributed by atoms with van der Waals surface area (Å²) in [7, 11) is 0. The van der Waals surface area contributed by atoms with Crippen molar-refractivity contribution in [1.29, 1.82) is 0 Å². The van der Waals surface area contributed by atoms with E-state index in [0.717, 1.165) is 31.3 Å². The number of nitrogens with one attached hydrogen (secondary N) is 1. The van der Waals surface area contributed by atoms with Gasteiger partial charge >= 0.3 is 0 Å². The van der Waals surface area contributed by atoms with Crippen LogP contribution in [0.4, 0.5) is 0 Å². The van der Waals surface area contributed by atoms with E-state index >= 15 is 0 Å². The Hall–Kier alpha value is -1.48. The van der Waals surface area contributed by atoms with Gasteiger partial charge in [0.1, 0.15) is 5.75 Å². The van der Waals surface area contributed by atoms with Crippen LogP contribution in [0.25, 0.3) is 10.9 Å². The highest BCUT2D eigenvalue weighted by Gasteiger charge is 2.02. The van der Waals surface area contributed by atoms with Crippen LogP contribution in [0.15, 0.2) is 30.5 Å². The molecule has 1 aromatic carbocycles. The molecule has 0 aliphatic heterocycles. The molecule has 1 N–H and O–H groups in total. The van der Waals surface area contributed by atoms with Crippen molar-refractivity contribution in [2.45, 2.75) is 40.2 Å².